The molecular weight excluding hydrogens is 432 g/mol. The van der Waals surface area contributed by atoms with Gasteiger partial charge in [0.1, 0.15) is 17.6 Å². The second kappa shape index (κ2) is 9.95. The van der Waals surface area contributed by atoms with Crippen LogP contribution in [0.5, 0.6) is 0 Å². The number of piperidine rings is 1. The molecule has 0 radical (unpaired) electrons. The number of aromatic nitrogens is 3. The van der Waals surface area contributed by atoms with Crippen molar-refractivity contribution in [2.45, 2.75) is 33.2 Å². The lowest BCUT2D eigenvalue weighted by Gasteiger charge is -2.33. The van der Waals surface area contributed by atoms with Crippen molar-refractivity contribution in [3.05, 3.63) is 16.7 Å². The van der Waals surface area contributed by atoms with Gasteiger partial charge in [-0.2, -0.15) is 4.98 Å². The highest BCUT2D eigenvalue weighted by Gasteiger charge is 2.28. The number of carbonyl (C=O) groups excluding carboxylic acids is 2. The molecule has 2 aliphatic heterocycles. The molecule has 2 aromatic heterocycles. The fraction of sp³-hybridized carbons (Fsp3) is 0.667. The van der Waals surface area contributed by atoms with Gasteiger partial charge in [-0.3, -0.25) is 19.0 Å². The highest BCUT2D eigenvalue weighted by Crippen LogP contribution is 2.26. The van der Waals surface area contributed by atoms with Crippen molar-refractivity contribution in [3.8, 4) is 0 Å². The number of hydrogen-bond acceptors (Lipinski definition) is 9. The first-order valence-electron chi connectivity index (χ1n) is 11.3. The first-order valence-corrected chi connectivity index (χ1v) is 12.1. The number of fused-ring (bicyclic) bond motifs is 1. The van der Waals surface area contributed by atoms with Crippen LogP contribution in [0.1, 0.15) is 26.7 Å². The Morgan fingerprint density at radius 3 is 2.50 bits per heavy atom. The van der Waals surface area contributed by atoms with Crippen molar-refractivity contribution in [2.24, 2.45) is 5.92 Å². The zero-order valence-electron chi connectivity index (χ0n) is 18.7. The highest BCUT2D eigenvalue weighted by molar-refractivity contribution is 7.22. The minimum absolute atomic E-state index is 0.0613. The zero-order valence-corrected chi connectivity index (χ0v) is 19.5. The van der Waals surface area contributed by atoms with Crippen molar-refractivity contribution in [1.29, 1.82) is 0 Å². The maximum Gasteiger partial charge on any atom is 0.309 e. The Morgan fingerprint density at radius 1 is 1.12 bits per heavy atom. The summed E-state index contributed by atoms with van der Waals surface area (Å²) in [5, 5.41) is 0.811. The third kappa shape index (κ3) is 4.78. The van der Waals surface area contributed by atoms with Gasteiger partial charge in [-0.15, -0.1) is 0 Å². The minimum atomic E-state index is -0.235. The molecule has 2 fully saturated rings. The first-order chi connectivity index (χ1) is 15.5. The number of likely N-dealkylation sites (tertiary alicyclic amines) is 1. The Labute approximate surface area is 190 Å². The number of carbonyl (C=O) groups is 2. The second-order valence-corrected chi connectivity index (χ2v) is 9.13. The number of likely N-dealkylation sites (N-methyl/N-ethyl adjacent to an activating group) is 1. The molecule has 0 bridgehead atoms. The van der Waals surface area contributed by atoms with E-state index in [4.69, 9.17) is 4.74 Å². The van der Waals surface area contributed by atoms with Crippen LogP contribution in [0.15, 0.2) is 11.1 Å². The van der Waals surface area contributed by atoms with Crippen LogP contribution >= 0.6 is 11.3 Å². The van der Waals surface area contributed by atoms with Crippen molar-refractivity contribution < 1.29 is 14.3 Å². The number of rotatable bonds is 6. The largest absolute Gasteiger partial charge is 0.466 e. The summed E-state index contributed by atoms with van der Waals surface area (Å²) in [4.78, 5) is 52.8. The number of esters is 1. The number of thiazole rings is 1. The Kier molecular flexibility index (Phi) is 7.04. The average molecular weight is 463 g/mol. The number of amides is 1. The van der Waals surface area contributed by atoms with Crippen molar-refractivity contribution in [2.75, 3.05) is 57.3 Å². The highest BCUT2D eigenvalue weighted by atomic mass is 32.1. The predicted octanol–water partition coefficient (Wildman–Crippen LogP) is 0.797. The van der Waals surface area contributed by atoms with E-state index in [-0.39, 0.29) is 29.9 Å². The molecule has 0 aromatic carbocycles. The molecule has 0 saturated carbocycles. The van der Waals surface area contributed by atoms with E-state index in [0.29, 0.717) is 42.9 Å². The molecular formula is C21H30N6O4S. The van der Waals surface area contributed by atoms with Gasteiger partial charge in [0.15, 0.2) is 10.8 Å². The van der Waals surface area contributed by atoms with Gasteiger partial charge in [-0.1, -0.05) is 18.3 Å². The number of nitrogens with zero attached hydrogens (tertiary/aromatic N) is 6. The van der Waals surface area contributed by atoms with Gasteiger partial charge < -0.3 is 19.4 Å². The summed E-state index contributed by atoms with van der Waals surface area (Å²) < 4.78 is 6.92. The maximum absolute atomic E-state index is 13.0. The monoisotopic (exact) mass is 462 g/mol. The van der Waals surface area contributed by atoms with Gasteiger partial charge in [0, 0.05) is 39.3 Å². The Bertz CT molecular complexity index is 1020. The average Bonchev–Trinajstić information content (AvgIpc) is 3.26. The lowest BCUT2D eigenvalue weighted by atomic mass is 9.97. The molecule has 4 rings (SSSR count). The van der Waals surface area contributed by atoms with Crippen LogP contribution < -0.4 is 10.5 Å². The summed E-state index contributed by atoms with van der Waals surface area (Å²) in [6.07, 6.45) is 2.58. The maximum atomic E-state index is 13.0. The van der Waals surface area contributed by atoms with Crippen molar-refractivity contribution in [3.63, 3.8) is 0 Å². The summed E-state index contributed by atoms with van der Waals surface area (Å²) in [6, 6.07) is 0. The Hall–Kier alpha value is -2.53. The van der Waals surface area contributed by atoms with Gasteiger partial charge >= 0.3 is 5.97 Å². The lowest BCUT2D eigenvalue weighted by Crippen LogP contribution is -2.46. The Balaban J connectivity index is 1.40. The molecule has 11 heteroatoms. The molecule has 10 nitrogen and oxygen atoms in total. The number of ether oxygens (including phenoxy) is 1. The molecule has 1 amide bonds. The molecule has 2 aromatic rings. The van der Waals surface area contributed by atoms with Gasteiger partial charge in [0.05, 0.1) is 12.5 Å². The lowest BCUT2D eigenvalue weighted by molar-refractivity contribution is -0.151. The first kappa shape index (κ1) is 22.7. The van der Waals surface area contributed by atoms with E-state index in [2.05, 4.69) is 26.7 Å². The summed E-state index contributed by atoms with van der Waals surface area (Å²) >= 11 is 1.35. The van der Waals surface area contributed by atoms with Crippen molar-refractivity contribution in [1.82, 2.24) is 24.3 Å². The van der Waals surface area contributed by atoms with E-state index in [1.54, 1.807) is 11.8 Å². The van der Waals surface area contributed by atoms with Crippen LogP contribution in [-0.4, -0.2) is 88.6 Å². The molecule has 0 aliphatic carbocycles. The van der Waals surface area contributed by atoms with Gasteiger partial charge in [0.25, 0.3) is 5.56 Å². The molecule has 0 N–H and O–H groups in total. The van der Waals surface area contributed by atoms with E-state index < -0.39 is 0 Å². The van der Waals surface area contributed by atoms with Crippen LogP contribution in [0.2, 0.25) is 0 Å². The molecule has 4 heterocycles. The van der Waals surface area contributed by atoms with E-state index in [9.17, 15) is 14.4 Å². The van der Waals surface area contributed by atoms with Crippen LogP contribution in [0.4, 0.5) is 5.13 Å². The third-order valence-electron chi connectivity index (χ3n) is 6.24. The van der Waals surface area contributed by atoms with E-state index >= 15 is 0 Å². The smallest absolute Gasteiger partial charge is 0.309 e. The molecule has 2 aliphatic rings. The quantitative estimate of drug-likeness (QED) is 0.581. The van der Waals surface area contributed by atoms with E-state index in [1.807, 2.05) is 0 Å². The Morgan fingerprint density at radius 2 is 1.84 bits per heavy atom. The summed E-state index contributed by atoms with van der Waals surface area (Å²) in [5.74, 6) is -0.492. The topological polar surface area (TPSA) is 101 Å². The van der Waals surface area contributed by atoms with Crippen LogP contribution in [-0.2, 0) is 20.9 Å². The molecule has 0 unspecified atom stereocenters. The third-order valence-corrected chi connectivity index (χ3v) is 7.33. The molecule has 0 atom stereocenters. The predicted molar refractivity (Wildman–Crippen MR) is 122 cm³/mol. The number of piperazine rings is 1. The summed E-state index contributed by atoms with van der Waals surface area (Å²) in [7, 11) is 0. The van der Waals surface area contributed by atoms with Crippen LogP contribution in [0.25, 0.3) is 10.3 Å². The van der Waals surface area contributed by atoms with Crippen molar-refractivity contribution >= 4 is 38.7 Å². The number of hydrogen-bond donors (Lipinski definition) is 0. The number of anilines is 1. The molecule has 32 heavy (non-hydrogen) atoms. The van der Waals surface area contributed by atoms with E-state index in [0.717, 1.165) is 37.9 Å². The van der Waals surface area contributed by atoms with Crippen LogP contribution in [0.3, 0.4) is 0 Å². The SMILES string of the molecule is CCOC(=O)C1CCN(C(=O)Cn2cnc3nc(N4CCN(CC)CC4)sc3c2=O)CC1. The van der Waals surface area contributed by atoms with E-state index in [1.165, 1.54) is 22.2 Å². The van der Waals surface area contributed by atoms with Gasteiger partial charge in [0.2, 0.25) is 5.91 Å². The zero-order chi connectivity index (χ0) is 22.7. The minimum Gasteiger partial charge on any atom is -0.466 e. The fourth-order valence-electron chi connectivity index (χ4n) is 4.21. The molecule has 0 spiro atoms. The van der Waals surface area contributed by atoms with Gasteiger partial charge in [-0.05, 0) is 26.3 Å². The molecule has 2 saturated heterocycles. The molecule has 174 valence electrons. The summed E-state index contributed by atoms with van der Waals surface area (Å²) in [5.41, 5.74) is 0.201. The summed E-state index contributed by atoms with van der Waals surface area (Å²) in [6.45, 7) is 9.97. The second-order valence-electron chi connectivity index (χ2n) is 8.16. The fourth-order valence-corrected chi connectivity index (χ4v) is 5.23. The van der Waals surface area contributed by atoms with Crippen LogP contribution in [0, 0.1) is 5.92 Å². The van der Waals surface area contributed by atoms with Gasteiger partial charge in [-0.25, -0.2) is 4.98 Å². The normalized spacial score (nSPS) is 18.3. The standard InChI is InChI=1S/C21H30N6O4S/c1-3-24-9-11-26(12-10-24)21-23-18-17(32-21)19(29)27(14-22-18)13-16(28)25-7-5-15(6-8-25)20(30)31-4-2/h14-15H,3-13H2,1-2H3.